The van der Waals surface area contributed by atoms with Crippen molar-refractivity contribution in [2.45, 2.75) is 13.0 Å². The van der Waals surface area contributed by atoms with E-state index in [0.29, 0.717) is 46.4 Å². The summed E-state index contributed by atoms with van der Waals surface area (Å²) in [6, 6.07) is 17.7. The maximum Gasteiger partial charge on any atom is 0.300 e. The second-order valence-corrected chi connectivity index (χ2v) is 7.94. The number of amides is 1. The predicted molar refractivity (Wildman–Crippen MR) is 135 cm³/mol. The Morgan fingerprint density at radius 1 is 0.833 bits per heavy atom. The number of ketones is 1. The number of ether oxygens (including phenoxy) is 4. The summed E-state index contributed by atoms with van der Waals surface area (Å²) in [6.07, 6.45) is 0. The topological polar surface area (TPSA) is 94.5 Å². The van der Waals surface area contributed by atoms with E-state index >= 15 is 0 Å². The van der Waals surface area contributed by atoms with Crippen LogP contribution in [0.1, 0.15) is 24.1 Å². The first-order chi connectivity index (χ1) is 17.4. The summed E-state index contributed by atoms with van der Waals surface area (Å²) in [4.78, 5) is 28.0. The number of carbonyl (C=O) groups is 2. The molecule has 3 aromatic rings. The molecule has 1 saturated heterocycles. The monoisotopic (exact) mass is 489 g/mol. The lowest BCUT2D eigenvalue weighted by atomic mass is 9.94. The van der Waals surface area contributed by atoms with Crippen LogP contribution in [0.3, 0.4) is 0 Å². The summed E-state index contributed by atoms with van der Waals surface area (Å²) in [5.41, 5.74) is 1.39. The van der Waals surface area contributed by atoms with Crippen LogP contribution in [-0.4, -0.2) is 44.7 Å². The van der Waals surface area contributed by atoms with Gasteiger partial charge < -0.3 is 24.1 Å². The van der Waals surface area contributed by atoms with Crippen LogP contribution in [0.5, 0.6) is 23.0 Å². The quantitative estimate of drug-likeness (QED) is 0.278. The molecule has 36 heavy (non-hydrogen) atoms. The van der Waals surface area contributed by atoms with Gasteiger partial charge >= 0.3 is 0 Å². The van der Waals surface area contributed by atoms with E-state index in [-0.39, 0.29) is 11.3 Å². The molecule has 1 fully saturated rings. The molecular weight excluding hydrogens is 462 g/mol. The van der Waals surface area contributed by atoms with Gasteiger partial charge in [0, 0.05) is 11.3 Å². The molecule has 1 aliphatic heterocycles. The Morgan fingerprint density at radius 2 is 1.47 bits per heavy atom. The van der Waals surface area contributed by atoms with Crippen LogP contribution in [0.25, 0.3) is 5.76 Å². The molecule has 1 aliphatic rings. The van der Waals surface area contributed by atoms with Crippen molar-refractivity contribution in [1.82, 2.24) is 0 Å². The van der Waals surface area contributed by atoms with Crippen LogP contribution in [0.15, 0.2) is 72.3 Å². The number of aliphatic hydroxyl groups excluding tert-OH is 1. The Labute approximate surface area is 209 Å². The van der Waals surface area contributed by atoms with E-state index in [0.717, 1.165) is 0 Å². The highest BCUT2D eigenvalue weighted by Crippen LogP contribution is 2.44. The highest BCUT2D eigenvalue weighted by molar-refractivity contribution is 6.51. The van der Waals surface area contributed by atoms with Gasteiger partial charge in [-0.05, 0) is 73.2 Å². The number of hydrogen-bond acceptors (Lipinski definition) is 7. The smallest absolute Gasteiger partial charge is 0.300 e. The van der Waals surface area contributed by atoms with Crippen molar-refractivity contribution in [3.8, 4) is 23.0 Å². The van der Waals surface area contributed by atoms with E-state index in [4.69, 9.17) is 18.9 Å². The second-order valence-electron chi connectivity index (χ2n) is 7.94. The Morgan fingerprint density at radius 3 is 2.06 bits per heavy atom. The summed E-state index contributed by atoms with van der Waals surface area (Å²) in [5.74, 6) is 0.318. The highest BCUT2D eigenvalue weighted by Gasteiger charge is 2.47. The summed E-state index contributed by atoms with van der Waals surface area (Å²) in [5, 5.41) is 11.3. The number of aliphatic hydroxyl groups is 1. The van der Waals surface area contributed by atoms with Crippen LogP contribution >= 0.6 is 0 Å². The van der Waals surface area contributed by atoms with Crippen molar-refractivity contribution in [3.63, 3.8) is 0 Å². The van der Waals surface area contributed by atoms with E-state index in [1.165, 1.54) is 19.1 Å². The summed E-state index contributed by atoms with van der Waals surface area (Å²) in [7, 11) is 4.57. The molecular formula is C28H27NO7. The fraction of sp³-hybridized carbons (Fsp3) is 0.214. The number of carbonyl (C=O) groups excluding carboxylic acids is 2. The van der Waals surface area contributed by atoms with Gasteiger partial charge in [-0.1, -0.05) is 6.07 Å². The minimum Gasteiger partial charge on any atom is -0.507 e. The van der Waals surface area contributed by atoms with Gasteiger partial charge in [0.2, 0.25) is 0 Å². The molecule has 1 heterocycles. The molecule has 8 nitrogen and oxygen atoms in total. The zero-order valence-corrected chi connectivity index (χ0v) is 20.5. The molecule has 186 valence electrons. The van der Waals surface area contributed by atoms with Crippen molar-refractivity contribution < 1.29 is 33.6 Å². The summed E-state index contributed by atoms with van der Waals surface area (Å²) >= 11 is 0. The number of benzene rings is 3. The molecule has 0 saturated carbocycles. The van der Waals surface area contributed by atoms with Crippen LogP contribution in [0.2, 0.25) is 0 Å². The fourth-order valence-electron chi connectivity index (χ4n) is 4.21. The third-order valence-electron chi connectivity index (χ3n) is 5.96. The molecule has 1 N–H and O–H groups in total. The molecule has 8 heteroatoms. The molecule has 3 aromatic carbocycles. The van der Waals surface area contributed by atoms with E-state index in [1.807, 2.05) is 6.92 Å². The molecule has 0 spiro atoms. The second kappa shape index (κ2) is 10.4. The lowest BCUT2D eigenvalue weighted by Gasteiger charge is -2.26. The van der Waals surface area contributed by atoms with E-state index in [2.05, 4.69) is 0 Å². The molecule has 1 amide bonds. The first kappa shape index (κ1) is 24.7. The molecule has 1 atom stereocenters. The average molecular weight is 490 g/mol. The minimum atomic E-state index is -0.912. The van der Waals surface area contributed by atoms with E-state index in [1.54, 1.807) is 73.8 Å². The lowest BCUT2D eigenvalue weighted by Crippen LogP contribution is -2.29. The first-order valence-electron chi connectivity index (χ1n) is 11.3. The highest BCUT2D eigenvalue weighted by atomic mass is 16.5. The van der Waals surface area contributed by atoms with Gasteiger partial charge in [-0.25, -0.2) is 0 Å². The number of hydrogen-bond donors (Lipinski definition) is 1. The number of rotatable bonds is 8. The Hall–Kier alpha value is -4.46. The number of Topliss-reactive ketones (excluding diaryl/α,β-unsaturated/α-hetero) is 1. The number of nitrogens with zero attached hydrogens (tertiary/aromatic N) is 1. The fourth-order valence-corrected chi connectivity index (χ4v) is 4.21. The normalized spacial score (nSPS) is 16.7. The Bertz CT molecular complexity index is 1300. The van der Waals surface area contributed by atoms with Gasteiger partial charge in [-0.15, -0.1) is 0 Å². The zero-order chi connectivity index (χ0) is 25.8. The first-order valence-corrected chi connectivity index (χ1v) is 11.3. The molecule has 0 aromatic heterocycles. The van der Waals surface area contributed by atoms with Crippen LogP contribution in [-0.2, 0) is 9.59 Å². The van der Waals surface area contributed by atoms with Crippen molar-refractivity contribution >= 4 is 23.1 Å². The third-order valence-corrected chi connectivity index (χ3v) is 5.96. The van der Waals surface area contributed by atoms with E-state index < -0.39 is 17.7 Å². The van der Waals surface area contributed by atoms with Crippen molar-refractivity contribution in [3.05, 3.63) is 83.4 Å². The standard InChI is InChI=1S/C28H27NO7/c1-5-36-21-11-6-17(7-12-21)26(30)24-25(18-8-15-22(34-3)23(16-18)35-4)29(28(32)27(24)31)19-9-13-20(33-2)14-10-19/h6-16,25,30H,5H2,1-4H3/b26-24+/t25-/m1/s1. The number of anilines is 1. The van der Waals surface area contributed by atoms with Crippen LogP contribution in [0, 0.1) is 0 Å². The maximum atomic E-state index is 13.3. The van der Waals surface area contributed by atoms with Gasteiger partial charge in [0.15, 0.2) is 11.5 Å². The molecule has 0 unspecified atom stereocenters. The van der Waals surface area contributed by atoms with Crippen molar-refractivity contribution in [1.29, 1.82) is 0 Å². The predicted octanol–water partition coefficient (Wildman–Crippen LogP) is 4.74. The Balaban J connectivity index is 1.90. The van der Waals surface area contributed by atoms with Gasteiger partial charge in [0.05, 0.1) is 39.6 Å². The van der Waals surface area contributed by atoms with Gasteiger partial charge in [0.25, 0.3) is 11.7 Å². The van der Waals surface area contributed by atoms with Gasteiger partial charge in [-0.2, -0.15) is 0 Å². The van der Waals surface area contributed by atoms with E-state index in [9.17, 15) is 14.7 Å². The Kier molecular flexibility index (Phi) is 7.15. The van der Waals surface area contributed by atoms with Crippen LogP contribution < -0.4 is 23.8 Å². The third kappa shape index (κ3) is 4.45. The van der Waals surface area contributed by atoms with Crippen molar-refractivity contribution in [2.24, 2.45) is 0 Å². The zero-order valence-electron chi connectivity index (χ0n) is 20.5. The molecule has 0 aliphatic carbocycles. The average Bonchev–Trinajstić information content (AvgIpc) is 3.18. The molecule has 4 rings (SSSR count). The largest absolute Gasteiger partial charge is 0.507 e. The lowest BCUT2D eigenvalue weighted by molar-refractivity contribution is -0.132. The minimum absolute atomic E-state index is 0.0350. The SMILES string of the molecule is CCOc1ccc(/C(O)=C2\C(=O)C(=O)N(c3ccc(OC)cc3)[C@@H]2c2ccc(OC)c(OC)c2)cc1. The van der Waals surface area contributed by atoms with Gasteiger partial charge in [0.1, 0.15) is 17.3 Å². The van der Waals surface area contributed by atoms with Gasteiger partial charge in [-0.3, -0.25) is 14.5 Å². The van der Waals surface area contributed by atoms with Crippen molar-refractivity contribution in [2.75, 3.05) is 32.8 Å². The van der Waals surface area contributed by atoms with Crippen LogP contribution in [0.4, 0.5) is 5.69 Å². The molecule has 0 bridgehead atoms. The maximum absolute atomic E-state index is 13.3. The summed E-state index contributed by atoms with van der Waals surface area (Å²) < 4.78 is 21.5. The molecule has 0 radical (unpaired) electrons. The summed E-state index contributed by atoms with van der Waals surface area (Å²) in [6.45, 7) is 2.37. The number of methoxy groups -OCH3 is 3.